The first-order chi connectivity index (χ1) is 6.72. The predicted octanol–water partition coefficient (Wildman–Crippen LogP) is 2.09. The molecule has 0 N–H and O–H groups in total. The molecule has 0 radical (unpaired) electrons. The second kappa shape index (κ2) is 5.61. The summed E-state index contributed by atoms with van der Waals surface area (Å²) in [5.74, 6) is 0.694. The summed E-state index contributed by atoms with van der Waals surface area (Å²) in [6.45, 7) is 1.99. The van der Waals surface area contributed by atoms with E-state index in [4.69, 9.17) is 4.74 Å². The van der Waals surface area contributed by atoms with E-state index in [1.165, 1.54) is 0 Å². The Hall–Kier alpha value is -1.08. The van der Waals surface area contributed by atoms with Crippen LogP contribution in [0.25, 0.3) is 0 Å². The van der Waals surface area contributed by atoms with Gasteiger partial charge >= 0.3 is 0 Å². The third-order valence-electron chi connectivity index (χ3n) is 1.73. The van der Waals surface area contributed by atoms with Crippen LogP contribution in [0.15, 0.2) is 24.3 Å². The quantitative estimate of drug-likeness (QED) is 0.554. The van der Waals surface area contributed by atoms with Crippen LogP contribution in [0.4, 0.5) is 0 Å². The van der Waals surface area contributed by atoms with E-state index in [0.29, 0.717) is 12.0 Å². The molecule has 1 aromatic carbocycles. The monoisotopic (exact) mass is 212 g/mol. The fourth-order valence-corrected chi connectivity index (χ4v) is 1.58. The second-order valence-electron chi connectivity index (χ2n) is 3.01. The first kappa shape index (κ1) is 11.0. The van der Waals surface area contributed by atoms with E-state index in [2.05, 4.69) is 0 Å². The number of carbonyl (C=O) groups is 1. The van der Waals surface area contributed by atoms with Gasteiger partial charge in [0.2, 0.25) is 0 Å². The average molecular weight is 212 g/mol. The number of hydrogen-bond donors (Lipinski definition) is 0. The van der Waals surface area contributed by atoms with Gasteiger partial charge in [0.15, 0.2) is 0 Å². The SMILES string of the molecule is Cc1ccc(OC[PH](=O)CC=O)cc1. The molecule has 1 unspecified atom stereocenters. The van der Waals surface area contributed by atoms with Gasteiger partial charge in [0.25, 0.3) is 0 Å². The van der Waals surface area contributed by atoms with Gasteiger partial charge in [0, 0.05) is 0 Å². The number of hydrogen-bond acceptors (Lipinski definition) is 3. The molecule has 0 aliphatic carbocycles. The highest BCUT2D eigenvalue weighted by atomic mass is 31.1. The smallest absolute Gasteiger partial charge is 0.139 e. The summed E-state index contributed by atoms with van der Waals surface area (Å²) in [7, 11) is -1.89. The molecular formula is C10H13O3P. The molecule has 0 amide bonds. The maximum atomic E-state index is 11.1. The van der Waals surface area contributed by atoms with Crippen LogP contribution in [0.2, 0.25) is 0 Å². The van der Waals surface area contributed by atoms with Gasteiger partial charge in [-0.2, -0.15) is 0 Å². The number of aldehydes is 1. The normalized spacial score (nSPS) is 12.1. The van der Waals surface area contributed by atoms with Crippen LogP contribution in [0.5, 0.6) is 5.75 Å². The lowest BCUT2D eigenvalue weighted by Gasteiger charge is -2.04. The van der Waals surface area contributed by atoms with Crippen molar-refractivity contribution in [2.24, 2.45) is 0 Å². The van der Waals surface area contributed by atoms with E-state index in [-0.39, 0.29) is 12.5 Å². The van der Waals surface area contributed by atoms with Gasteiger partial charge in [-0.05, 0) is 19.1 Å². The van der Waals surface area contributed by atoms with Crippen molar-refractivity contribution in [1.82, 2.24) is 0 Å². The largest absolute Gasteiger partial charge is 0.486 e. The molecule has 4 heteroatoms. The van der Waals surface area contributed by atoms with Crippen LogP contribution >= 0.6 is 7.80 Å². The van der Waals surface area contributed by atoms with E-state index in [1.54, 1.807) is 0 Å². The Labute approximate surface area is 83.9 Å². The molecule has 76 valence electrons. The van der Waals surface area contributed by atoms with Crippen LogP contribution < -0.4 is 4.74 Å². The van der Waals surface area contributed by atoms with Crippen molar-refractivity contribution < 1.29 is 14.1 Å². The van der Waals surface area contributed by atoms with Gasteiger partial charge in [0.1, 0.15) is 26.2 Å². The van der Waals surface area contributed by atoms with Gasteiger partial charge in [-0.1, -0.05) is 17.7 Å². The standard InChI is InChI=1S/C10H13O3P/c1-9-2-4-10(5-3-9)13-8-14(12)7-6-11/h2-6,14H,7-8H2,1H3. The van der Waals surface area contributed by atoms with Crippen molar-refractivity contribution in [2.45, 2.75) is 6.92 Å². The molecule has 0 aliphatic heterocycles. The summed E-state index contributed by atoms with van der Waals surface area (Å²) < 4.78 is 16.4. The number of rotatable bonds is 5. The van der Waals surface area contributed by atoms with Crippen molar-refractivity contribution in [2.75, 3.05) is 12.5 Å². The lowest BCUT2D eigenvalue weighted by molar-refractivity contribution is -0.105. The average Bonchev–Trinajstić information content (AvgIpc) is 2.17. The summed E-state index contributed by atoms with van der Waals surface area (Å²) in [4.78, 5) is 10.0. The topological polar surface area (TPSA) is 43.4 Å². The number of aryl methyl sites for hydroxylation is 1. The van der Waals surface area contributed by atoms with Crippen molar-refractivity contribution in [3.8, 4) is 5.75 Å². The summed E-state index contributed by atoms with van der Waals surface area (Å²) in [5.41, 5.74) is 1.15. The van der Waals surface area contributed by atoms with Gasteiger partial charge in [-0.25, -0.2) is 0 Å². The molecule has 0 saturated carbocycles. The van der Waals surface area contributed by atoms with Crippen molar-refractivity contribution in [3.63, 3.8) is 0 Å². The highest BCUT2D eigenvalue weighted by Gasteiger charge is 1.99. The Balaban J connectivity index is 2.41. The summed E-state index contributed by atoms with van der Waals surface area (Å²) in [6.07, 6.45) is 0.919. The molecule has 0 bridgehead atoms. The fraction of sp³-hybridized carbons (Fsp3) is 0.300. The minimum Gasteiger partial charge on any atom is -0.486 e. The Morgan fingerprint density at radius 3 is 2.57 bits per heavy atom. The second-order valence-corrected chi connectivity index (χ2v) is 4.79. The van der Waals surface area contributed by atoms with Crippen LogP contribution in [-0.4, -0.2) is 18.8 Å². The van der Waals surface area contributed by atoms with Gasteiger partial charge in [-0.3, -0.25) is 0 Å². The summed E-state index contributed by atoms with van der Waals surface area (Å²) in [6, 6.07) is 7.50. The molecule has 0 aromatic heterocycles. The van der Waals surface area contributed by atoms with Gasteiger partial charge in [-0.15, -0.1) is 0 Å². The van der Waals surface area contributed by atoms with Crippen LogP contribution in [0.1, 0.15) is 5.56 Å². The maximum absolute atomic E-state index is 11.1. The lowest BCUT2D eigenvalue weighted by atomic mass is 10.2. The van der Waals surface area contributed by atoms with E-state index in [9.17, 15) is 9.36 Å². The molecule has 0 spiro atoms. The fourth-order valence-electron chi connectivity index (χ4n) is 0.950. The molecule has 0 saturated heterocycles. The summed E-state index contributed by atoms with van der Waals surface area (Å²) in [5, 5.41) is 0. The first-order valence-electron chi connectivity index (χ1n) is 4.37. The number of carbonyl (C=O) groups excluding carboxylic acids is 1. The molecule has 1 rings (SSSR count). The Morgan fingerprint density at radius 1 is 1.36 bits per heavy atom. The molecule has 1 aromatic rings. The van der Waals surface area contributed by atoms with E-state index in [1.807, 2.05) is 31.2 Å². The Kier molecular flexibility index (Phi) is 4.41. The highest BCUT2D eigenvalue weighted by Crippen LogP contribution is 2.21. The molecule has 1 atom stereocenters. The van der Waals surface area contributed by atoms with Crippen LogP contribution in [0.3, 0.4) is 0 Å². The van der Waals surface area contributed by atoms with Crippen molar-refractivity contribution >= 4 is 14.1 Å². The zero-order valence-electron chi connectivity index (χ0n) is 8.03. The third-order valence-corrected chi connectivity index (χ3v) is 2.82. The lowest BCUT2D eigenvalue weighted by Crippen LogP contribution is -1.94. The molecule has 0 fully saturated rings. The molecule has 3 nitrogen and oxygen atoms in total. The predicted molar refractivity (Wildman–Crippen MR) is 56.6 cm³/mol. The third kappa shape index (κ3) is 3.75. The molecule has 14 heavy (non-hydrogen) atoms. The van der Waals surface area contributed by atoms with E-state index < -0.39 is 7.80 Å². The molecule has 0 heterocycles. The van der Waals surface area contributed by atoms with Crippen molar-refractivity contribution in [3.05, 3.63) is 29.8 Å². The number of benzene rings is 1. The zero-order chi connectivity index (χ0) is 10.4. The highest BCUT2D eigenvalue weighted by molar-refractivity contribution is 7.45. The minimum atomic E-state index is -1.89. The minimum absolute atomic E-state index is 0.108. The van der Waals surface area contributed by atoms with Gasteiger partial charge < -0.3 is 14.1 Å². The van der Waals surface area contributed by atoms with E-state index in [0.717, 1.165) is 5.56 Å². The Morgan fingerprint density at radius 2 is 2.00 bits per heavy atom. The van der Waals surface area contributed by atoms with Crippen LogP contribution in [0, 0.1) is 6.92 Å². The maximum Gasteiger partial charge on any atom is 0.139 e. The van der Waals surface area contributed by atoms with E-state index >= 15 is 0 Å². The molecular weight excluding hydrogens is 199 g/mol. The Bertz CT molecular complexity index is 319. The zero-order valence-corrected chi connectivity index (χ0v) is 9.03. The van der Waals surface area contributed by atoms with Crippen molar-refractivity contribution in [1.29, 1.82) is 0 Å². The number of ether oxygens (including phenoxy) is 1. The molecule has 0 aliphatic rings. The van der Waals surface area contributed by atoms with Crippen LogP contribution in [-0.2, 0) is 9.36 Å². The first-order valence-corrected chi connectivity index (χ1v) is 6.19. The van der Waals surface area contributed by atoms with Gasteiger partial charge in [0.05, 0.1) is 6.16 Å². The summed E-state index contributed by atoms with van der Waals surface area (Å²) >= 11 is 0.